The second-order valence-corrected chi connectivity index (χ2v) is 5.41. The first kappa shape index (κ1) is 10.8. The summed E-state index contributed by atoms with van der Waals surface area (Å²) < 4.78 is 0. The number of nitrogens with zero attached hydrogens (tertiary/aromatic N) is 1. The van der Waals surface area contributed by atoms with Gasteiger partial charge in [-0.25, -0.2) is 4.98 Å². The Hall–Kier alpha value is -1.35. The Morgan fingerprint density at radius 2 is 2.12 bits per heavy atom. The van der Waals surface area contributed by atoms with Gasteiger partial charge in [-0.2, -0.15) is 0 Å². The molecule has 1 saturated carbocycles. The van der Waals surface area contributed by atoms with E-state index in [-0.39, 0.29) is 5.41 Å². The van der Waals surface area contributed by atoms with Crippen molar-refractivity contribution in [3.05, 3.63) is 29.6 Å². The Kier molecular flexibility index (Phi) is 2.44. The third kappa shape index (κ3) is 1.75. The summed E-state index contributed by atoms with van der Waals surface area (Å²) in [6.07, 6.45) is 5.14. The number of fused-ring (bicyclic) bond motifs is 1. The van der Waals surface area contributed by atoms with Gasteiger partial charge in [0.15, 0.2) is 0 Å². The summed E-state index contributed by atoms with van der Waals surface area (Å²) in [5.74, 6) is 1.15. The van der Waals surface area contributed by atoms with Gasteiger partial charge >= 0.3 is 0 Å². The number of imidazole rings is 1. The Labute approximate surface area is 101 Å². The van der Waals surface area contributed by atoms with E-state index in [1.54, 1.807) is 0 Å². The second kappa shape index (κ2) is 3.84. The lowest BCUT2D eigenvalue weighted by Crippen LogP contribution is -2.18. The highest BCUT2D eigenvalue weighted by atomic mass is 14.9. The minimum absolute atomic E-state index is 0.252. The topological polar surface area (TPSA) is 54.7 Å². The minimum atomic E-state index is 0.252. The van der Waals surface area contributed by atoms with E-state index < -0.39 is 0 Å². The van der Waals surface area contributed by atoms with Crippen molar-refractivity contribution in [2.24, 2.45) is 5.73 Å². The fourth-order valence-corrected chi connectivity index (χ4v) is 2.86. The standard InChI is InChI=1S/C14H19N3/c1-14(6-2-3-7-14)13-16-11-5-4-10(9-15)8-12(11)17-13/h4-5,8H,2-3,6-7,9,15H2,1H3,(H,16,17). The lowest BCUT2D eigenvalue weighted by molar-refractivity contribution is 0.465. The van der Waals surface area contributed by atoms with Gasteiger partial charge in [-0.15, -0.1) is 0 Å². The summed E-state index contributed by atoms with van der Waals surface area (Å²) in [5.41, 5.74) is 9.25. The largest absolute Gasteiger partial charge is 0.342 e. The molecule has 0 bridgehead atoms. The van der Waals surface area contributed by atoms with Crippen molar-refractivity contribution in [2.75, 3.05) is 0 Å². The van der Waals surface area contributed by atoms with Crippen molar-refractivity contribution in [2.45, 2.75) is 44.6 Å². The molecule has 0 unspecified atom stereocenters. The van der Waals surface area contributed by atoms with Crippen molar-refractivity contribution in [1.82, 2.24) is 9.97 Å². The van der Waals surface area contributed by atoms with Crippen molar-refractivity contribution in [3.8, 4) is 0 Å². The van der Waals surface area contributed by atoms with Crippen molar-refractivity contribution in [3.63, 3.8) is 0 Å². The smallest absolute Gasteiger partial charge is 0.113 e. The predicted octanol–water partition coefficient (Wildman–Crippen LogP) is 2.85. The van der Waals surface area contributed by atoms with Crippen LogP contribution < -0.4 is 5.73 Å². The highest BCUT2D eigenvalue weighted by Gasteiger charge is 2.33. The number of hydrogen-bond donors (Lipinski definition) is 2. The van der Waals surface area contributed by atoms with Crippen molar-refractivity contribution < 1.29 is 0 Å². The molecule has 1 fully saturated rings. The summed E-state index contributed by atoms with van der Waals surface area (Å²) >= 11 is 0. The predicted molar refractivity (Wildman–Crippen MR) is 69.8 cm³/mol. The Balaban J connectivity index is 2.07. The average Bonchev–Trinajstić information content (AvgIpc) is 2.94. The van der Waals surface area contributed by atoms with E-state index >= 15 is 0 Å². The van der Waals surface area contributed by atoms with Crippen LogP contribution in [-0.2, 0) is 12.0 Å². The molecule has 0 spiro atoms. The van der Waals surface area contributed by atoms with E-state index in [9.17, 15) is 0 Å². The van der Waals surface area contributed by atoms with Crippen LogP contribution in [0.1, 0.15) is 44.0 Å². The summed E-state index contributed by atoms with van der Waals surface area (Å²) in [6, 6.07) is 6.24. The van der Waals surface area contributed by atoms with Gasteiger partial charge in [0.1, 0.15) is 5.82 Å². The van der Waals surface area contributed by atoms with Crippen molar-refractivity contribution >= 4 is 11.0 Å². The van der Waals surface area contributed by atoms with Gasteiger partial charge in [0.2, 0.25) is 0 Å². The van der Waals surface area contributed by atoms with Crippen LogP contribution in [0.2, 0.25) is 0 Å². The normalized spacial score (nSPS) is 18.9. The molecule has 0 saturated heterocycles. The summed E-state index contributed by atoms with van der Waals surface area (Å²) in [5, 5.41) is 0. The monoisotopic (exact) mass is 229 g/mol. The highest BCUT2D eigenvalue weighted by Crippen LogP contribution is 2.39. The molecule has 3 heteroatoms. The number of H-pyrrole nitrogens is 1. The molecular formula is C14H19N3. The summed E-state index contributed by atoms with van der Waals surface area (Å²) in [7, 11) is 0. The SMILES string of the molecule is CC1(c2nc3ccc(CN)cc3[nH]2)CCCC1. The van der Waals surface area contributed by atoms with Crippen molar-refractivity contribution in [1.29, 1.82) is 0 Å². The zero-order valence-corrected chi connectivity index (χ0v) is 10.3. The molecule has 0 aliphatic heterocycles. The number of nitrogens with one attached hydrogen (secondary N) is 1. The molecule has 1 aliphatic carbocycles. The van der Waals surface area contributed by atoms with E-state index in [1.807, 2.05) is 0 Å². The molecule has 1 aliphatic rings. The van der Waals surface area contributed by atoms with Crippen LogP contribution in [0.5, 0.6) is 0 Å². The number of nitrogens with two attached hydrogens (primary N) is 1. The maximum atomic E-state index is 5.66. The Morgan fingerprint density at radius 1 is 1.35 bits per heavy atom. The third-order valence-electron chi connectivity index (χ3n) is 4.06. The second-order valence-electron chi connectivity index (χ2n) is 5.41. The van der Waals surface area contributed by atoms with Gasteiger partial charge in [-0.05, 0) is 30.5 Å². The molecule has 0 atom stereocenters. The summed E-state index contributed by atoms with van der Waals surface area (Å²) in [4.78, 5) is 8.23. The van der Waals surface area contributed by atoms with Crippen LogP contribution >= 0.6 is 0 Å². The Bertz CT molecular complexity index is 535. The number of hydrogen-bond acceptors (Lipinski definition) is 2. The lowest BCUT2D eigenvalue weighted by atomic mass is 9.88. The van der Waals surface area contributed by atoms with E-state index in [4.69, 9.17) is 10.7 Å². The van der Waals surface area contributed by atoms with E-state index in [0.717, 1.165) is 22.4 Å². The first-order valence-electron chi connectivity index (χ1n) is 6.40. The fourth-order valence-electron chi connectivity index (χ4n) is 2.86. The molecule has 3 rings (SSSR count). The number of rotatable bonds is 2. The molecule has 0 radical (unpaired) electrons. The first-order chi connectivity index (χ1) is 8.21. The molecule has 3 N–H and O–H groups in total. The number of aromatic nitrogens is 2. The molecule has 17 heavy (non-hydrogen) atoms. The van der Waals surface area contributed by atoms with Gasteiger partial charge in [-0.3, -0.25) is 0 Å². The number of aromatic amines is 1. The molecule has 1 heterocycles. The third-order valence-corrected chi connectivity index (χ3v) is 4.06. The average molecular weight is 229 g/mol. The highest BCUT2D eigenvalue weighted by molar-refractivity contribution is 5.76. The molecule has 3 nitrogen and oxygen atoms in total. The van der Waals surface area contributed by atoms with Gasteiger partial charge < -0.3 is 10.7 Å². The van der Waals surface area contributed by atoms with Crippen LogP contribution in [0.25, 0.3) is 11.0 Å². The zero-order valence-electron chi connectivity index (χ0n) is 10.3. The van der Waals surface area contributed by atoms with Gasteiger partial charge in [-0.1, -0.05) is 25.8 Å². The lowest BCUT2D eigenvalue weighted by Gasteiger charge is -2.19. The summed E-state index contributed by atoms with van der Waals surface area (Å²) in [6.45, 7) is 2.91. The molecule has 2 aromatic rings. The van der Waals surface area contributed by atoms with Crippen LogP contribution in [0, 0.1) is 0 Å². The Morgan fingerprint density at radius 3 is 2.82 bits per heavy atom. The quantitative estimate of drug-likeness (QED) is 0.832. The number of benzene rings is 1. The zero-order chi connectivity index (χ0) is 11.9. The fraction of sp³-hybridized carbons (Fsp3) is 0.500. The molecule has 90 valence electrons. The van der Waals surface area contributed by atoms with E-state index in [0.29, 0.717) is 6.54 Å². The van der Waals surface area contributed by atoms with Gasteiger partial charge in [0.05, 0.1) is 11.0 Å². The van der Waals surface area contributed by atoms with E-state index in [2.05, 4.69) is 30.1 Å². The molecule has 1 aromatic carbocycles. The van der Waals surface area contributed by atoms with Crippen LogP contribution in [-0.4, -0.2) is 9.97 Å². The van der Waals surface area contributed by atoms with Crippen LogP contribution in [0.3, 0.4) is 0 Å². The first-order valence-corrected chi connectivity index (χ1v) is 6.40. The minimum Gasteiger partial charge on any atom is -0.342 e. The maximum absolute atomic E-state index is 5.66. The van der Waals surface area contributed by atoms with Crippen LogP contribution in [0.4, 0.5) is 0 Å². The molecule has 1 aromatic heterocycles. The molecular weight excluding hydrogens is 210 g/mol. The maximum Gasteiger partial charge on any atom is 0.113 e. The molecule has 0 amide bonds. The van der Waals surface area contributed by atoms with Gasteiger partial charge in [0, 0.05) is 12.0 Å². The van der Waals surface area contributed by atoms with Gasteiger partial charge in [0.25, 0.3) is 0 Å². The van der Waals surface area contributed by atoms with E-state index in [1.165, 1.54) is 25.7 Å². The van der Waals surface area contributed by atoms with Crippen LogP contribution in [0.15, 0.2) is 18.2 Å².